The summed E-state index contributed by atoms with van der Waals surface area (Å²) in [5.41, 5.74) is 0.981. The van der Waals surface area contributed by atoms with Crippen LogP contribution < -0.4 is 0 Å². The molecule has 2 atom stereocenters. The van der Waals surface area contributed by atoms with Crippen molar-refractivity contribution in [2.75, 3.05) is 19.6 Å². The molecule has 2 saturated heterocycles. The third kappa shape index (κ3) is 3.00. The lowest BCUT2D eigenvalue weighted by molar-refractivity contribution is -0.142. The van der Waals surface area contributed by atoms with Gasteiger partial charge in [0.1, 0.15) is 5.82 Å². The van der Waals surface area contributed by atoms with E-state index >= 15 is 0 Å². The van der Waals surface area contributed by atoms with E-state index in [1.807, 2.05) is 17.9 Å². The van der Waals surface area contributed by atoms with Crippen molar-refractivity contribution in [2.24, 2.45) is 0 Å². The Morgan fingerprint density at radius 3 is 2.86 bits per heavy atom. The highest BCUT2D eigenvalue weighted by atomic mass is 19.1. The van der Waals surface area contributed by atoms with Gasteiger partial charge in [0, 0.05) is 25.7 Å². The molecule has 2 fully saturated rings. The molecule has 0 aliphatic carbocycles. The van der Waals surface area contributed by atoms with Gasteiger partial charge >= 0.3 is 0 Å². The van der Waals surface area contributed by atoms with Crippen molar-refractivity contribution in [1.82, 2.24) is 9.80 Å². The molecule has 0 unspecified atom stereocenters. The van der Waals surface area contributed by atoms with Crippen molar-refractivity contribution < 1.29 is 9.18 Å². The molecular formula is C17H21FN2O. The van der Waals surface area contributed by atoms with E-state index in [4.69, 9.17) is 0 Å². The summed E-state index contributed by atoms with van der Waals surface area (Å²) in [6.45, 7) is 4.63. The molecule has 2 heterocycles. The summed E-state index contributed by atoms with van der Waals surface area (Å²) in [4.78, 5) is 16.6. The Morgan fingerprint density at radius 1 is 1.33 bits per heavy atom. The lowest BCUT2D eigenvalue weighted by Crippen LogP contribution is -2.58. The highest BCUT2D eigenvalue weighted by Gasteiger charge is 2.39. The number of carbonyl (C=O) groups is 1. The van der Waals surface area contributed by atoms with E-state index in [1.54, 1.807) is 12.1 Å². The van der Waals surface area contributed by atoms with Crippen LogP contribution in [0.15, 0.2) is 30.3 Å². The van der Waals surface area contributed by atoms with E-state index in [0.717, 1.165) is 38.0 Å². The fraction of sp³-hybridized carbons (Fsp3) is 0.471. The van der Waals surface area contributed by atoms with Crippen molar-refractivity contribution in [1.29, 1.82) is 0 Å². The lowest BCUT2D eigenvalue weighted by Gasteiger charge is -2.41. The van der Waals surface area contributed by atoms with Gasteiger partial charge in [-0.2, -0.15) is 0 Å². The minimum Gasteiger partial charge on any atom is -0.337 e. The summed E-state index contributed by atoms with van der Waals surface area (Å²) < 4.78 is 12.8. The van der Waals surface area contributed by atoms with Crippen LogP contribution in [0.2, 0.25) is 0 Å². The van der Waals surface area contributed by atoms with Crippen LogP contribution in [0.25, 0.3) is 6.08 Å². The monoisotopic (exact) mass is 288 g/mol. The fourth-order valence-corrected chi connectivity index (χ4v) is 3.27. The van der Waals surface area contributed by atoms with Crippen LogP contribution in [0.4, 0.5) is 4.39 Å². The zero-order valence-corrected chi connectivity index (χ0v) is 12.3. The molecule has 0 radical (unpaired) electrons. The Balaban J connectivity index is 1.62. The molecule has 0 N–H and O–H groups in total. The van der Waals surface area contributed by atoms with Gasteiger partial charge in [-0.3, -0.25) is 9.69 Å². The van der Waals surface area contributed by atoms with Crippen molar-refractivity contribution in [2.45, 2.75) is 31.8 Å². The maximum Gasteiger partial charge on any atom is 0.239 e. The molecule has 21 heavy (non-hydrogen) atoms. The number of halogens is 1. The molecule has 3 rings (SSSR count). The van der Waals surface area contributed by atoms with Gasteiger partial charge in [0.2, 0.25) is 5.91 Å². The van der Waals surface area contributed by atoms with Crippen LogP contribution in [-0.2, 0) is 4.79 Å². The molecule has 112 valence electrons. The van der Waals surface area contributed by atoms with Gasteiger partial charge in [0.15, 0.2) is 0 Å². The van der Waals surface area contributed by atoms with Crippen LogP contribution in [0.5, 0.6) is 0 Å². The predicted molar refractivity (Wildman–Crippen MR) is 81.2 cm³/mol. The number of fused-ring (bicyclic) bond motifs is 1. The molecule has 1 aromatic carbocycles. The topological polar surface area (TPSA) is 23.6 Å². The largest absolute Gasteiger partial charge is 0.337 e. The predicted octanol–water partition coefficient (Wildman–Crippen LogP) is 2.53. The number of carbonyl (C=O) groups excluding carboxylic acids is 1. The molecule has 4 heteroatoms. The van der Waals surface area contributed by atoms with E-state index in [0.29, 0.717) is 6.04 Å². The van der Waals surface area contributed by atoms with Crippen molar-refractivity contribution in [3.8, 4) is 0 Å². The average Bonchev–Trinajstić information content (AvgIpc) is 2.95. The summed E-state index contributed by atoms with van der Waals surface area (Å²) in [6.07, 6.45) is 6.29. The molecule has 0 spiro atoms. The third-order valence-electron chi connectivity index (χ3n) is 4.53. The average molecular weight is 288 g/mol. The van der Waals surface area contributed by atoms with Crippen molar-refractivity contribution >= 4 is 12.0 Å². The summed E-state index contributed by atoms with van der Waals surface area (Å²) in [5, 5.41) is 0. The summed E-state index contributed by atoms with van der Waals surface area (Å²) in [5.74, 6) is 0.0441. The van der Waals surface area contributed by atoms with E-state index < -0.39 is 0 Å². The Morgan fingerprint density at radius 2 is 2.10 bits per heavy atom. The van der Waals surface area contributed by atoms with E-state index in [9.17, 15) is 9.18 Å². The number of rotatable bonds is 3. The normalized spacial score (nSPS) is 26.6. The van der Waals surface area contributed by atoms with Crippen LogP contribution in [0, 0.1) is 5.82 Å². The standard InChI is InChI=1S/C17H21FN2O/c1-13-17(21)20-11-3-5-16(20)12-19(13)10-2-4-14-6-8-15(18)9-7-14/h2,4,6-9,13,16H,3,5,10-12H2,1H3/t13-,16-/m1/s1. The van der Waals surface area contributed by atoms with Gasteiger partial charge in [0.25, 0.3) is 0 Å². The van der Waals surface area contributed by atoms with Gasteiger partial charge in [0.05, 0.1) is 6.04 Å². The number of piperazine rings is 1. The highest BCUT2D eigenvalue weighted by molar-refractivity contribution is 5.83. The van der Waals surface area contributed by atoms with Gasteiger partial charge < -0.3 is 4.90 Å². The third-order valence-corrected chi connectivity index (χ3v) is 4.53. The van der Waals surface area contributed by atoms with E-state index in [1.165, 1.54) is 12.1 Å². The second-order valence-corrected chi connectivity index (χ2v) is 5.91. The molecule has 0 saturated carbocycles. The molecule has 0 aromatic heterocycles. The Labute approximate surface area is 125 Å². The minimum atomic E-state index is -0.219. The van der Waals surface area contributed by atoms with Crippen LogP contribution in [0.3, 0.4) is 0 Å². The summed E-state index contributed by atoms with van der Waals surface area (Å²) >= 11 is 0. The molecule has 1 amide bonds. The van der Waals surface area contributed by atoms with Crippen LogP contribution in [-0.4, -0.2) is 47.4 Å². The number of nitrogens with zero attached hydrogens (tertiary/aromatic N) is 2. The molecular weight excluding hydrogens is 267 g/mol. The maximum atomic E-state index is 12.8. The summed E-state index contributed by atoms with van der Waals surface area (Å²) in [6, 6.07) is 6.79. The van der Waals surface area contributed by atoms with Crippen molar-refractivity contribution in [3.05, 3.63) is 41.7 Å². The first kappa shape index (κ1) is 14.3. The van der Waals surface area contributed by atoms with Crippen molar-refractivity contribution in [3.63, 3.8) is 0 Å². The molecule has 0 bridgehead atoms. The first-order valence-corrected chi connectivity index (χ1v) is 7.62. The molecule has 2 aliphatic heterocycles. The second kappa shape index (κ2) is 5.98. The Bertz CT molecular complexity index is 540. The SMILES string of the molecule is C[C@@H]1C(=O)N2CCC[C@@H]2CN1CC=Cc1ccc(F)cc1. The minimum absolute atomic E-state index is 0.0442. The fourth-order valence-electron chi connectivity index (χ4n) is 3.27. The van der Waals surface area contributed by atoms with Gasteiger partial charge in [-0.15, -0.1) is 0 Å². The van der Waals surface area contributed by atoms with Gasteiger partial charge in [-0.05, 0) is 37.5 Å². The first-order valence-electron chi connectivity index (χ1n) is 7.62. The molecule has 3 nitrogen and oxygen atoms in total. The smallest absolute Gasteiger partial charge is 0.239 e. The Kier molecular flexibility index (Phi) is 4.06. The lowest BCUT2D eigenvalue weighted by atomic mass is 10.1. The number of hydrogen-bond acceptors (Lipinski definition) is 2. The number of hydrogen-bond donors (Lipinski definition) is 0. The number of amides is 1. The van der Waals surface area contributed by atoms with Gasteiger partial charge in [-0.25, -0.2) is 4.39 Å². The maximum absolute atomic E-state index is 12.8. The highest BCUT2D eigenvalue weighted by Crippen LogP contribution is 2.25. The van der Waals surface area contributed by atoms with E-state index in [-0.39, 0.29) is 17.8 Å². The van der Waals surface area contributed by atoms with Gasteiger partial charge in [-0.1, -0.05) is 24.3 Å². The quantitative estimate of drug-likeness (QED) is 0.853. The van der Waals surface area contributed by atoms with E-state index in [2.05, 4.69) is 11.0 Å². The first-order chi connectivity index (χ1) is 10.1. The number of benzene rings is 1. The Hall–Kier alpha value is -1.68. The molecule has 1 aromatic rings. The van der Waals surface area contributed by atoms with Crippen LogP contribution in [0.1, 0.15) is 25.3 Å². The zero-order valence-electron chi connectivity index (χ0n) is 12.3. The second-order valence-electron chi connectivity index (χ2n) is 5.91. The summed E-state index contributed by atoms with van der Waals surface area (Å²) in [7, 11) is 0. The van der Waals surface area contributed by atoms with Crippen LogP contribution >= 0.6 is 0 Å². The zero-order chi connectivity index (χ0) is 14.8. The molecule has 2 aliphatic rings.